The Bertz CT molecular complexity index is 874. The number of amides is 1. The van der Waals surface area contributed by atoms with Crippen molar-refractivity contribution in [2.45, 2.75) is 19.4 Å². The summed E-state index contributed by atoms with van der Waals surface area (Å²) in [5.41, 5.74) is 0.209. The molecule has 0 atom stereocenters. The van der Waals surface area contributed by atoms with Gasteiger partial charge in [-0.05, 0) is 43.7 Å². The molecule has 0 unspecified atom stereocenters. The Hall–Kier alpha value is -2.27. The number of benzene rings is 1. The average molecular weight is 387 g/mol. The van der Waals surface area contributed by atoms with E-state index in [2.05, 4.69) is 0 Å². The summed E-state index contributed by atoms with van der Waals surface area (Å²) >= 11 is 0. The van der Waals surface area contributed by atoms with E-state index >= 15 is 0 Å². The summed E-state index contributed by atoms with van der Waals surface area (Å²) in [5, 5.41) is 0.0172. The minimum Gasteiger partial charge on any atom is -0.325 e. The third-order valence-corrected chi connectivity index (χ3v) is 6.80. The lowest BCUT2D eigenvalue weighted by Crippen LogP contribution is -2.43. The van der Waals surface area contributed by atoms with Gasteiger partial charge < -0.3 is 13.9 Å². The van der Waals surface area contributed by atoms with Crippen LogP contribution >= 0.6 is 7.60 Å². The van der Waals surface area contributed by atoms with Crippen LogP contribution in [-0.4, -0.2) is 42.4 Å². The van der Waals surface area contributed by atoms with Gasteiger partial charge >= 0.3 is 7.60 Å². The minimum atomic E-state index is -3.85. The van der Waals surface area contributed by atoms with Crippen LogP contribution < -0.4 is 0 Å². The summed E-state index contributed by atoms with van der Waals surface area (Å²) < 4.78 is 24.6. The van der Waals surface area contributed by atoms with Crippen molar-refractivity contribution in [2.24, 2.45) is 0 Å². The van der Waals surface area contributed by atoms with Gasteiger partial charge in [-0.15, -0.1) is 0 Å². The zero-order chi connectivity index (χ0) is 19.7. The van der Waals surface area contributed by atoms with E-state index < -0.39 is 19.0 Å². The number of carbonyl (C=O) groups is 2. The molecule has 0 saturated heterocycles. The molecule has 7 heteroatoms. The highest BCUT2D eigenvalue weighted by Gasteiger charge is 2.54. The molecule has 0 radical (unpaired) electrons. The molecule has 3 rings (SSSR count). The van der Waals surface area contributed by atoms with Crippen molar-refractivity contribution in [3.8, 4) is 0 Å². The summed E-state index contributed by atoms with van der Waals surface area (Å²) in [6.45, 7) is 3.67. The van der Waals surface area contributed by atoms with Crippen LogP contribution in [0.4, 0.5) is 0 Å². The number of rotatable bonds is 6. The maximum absolute atomic E-state index is 13.6. The Morgan fingerprint density at radius 3 is 2.07 bits per heavy atom. The highest BCUT2D eigenvalue weighted by atomic mass is 31.2. The van der Waals surface area contributed by atoms with Gasteiger partial charge in [-0.1, -0.05) is 30.3 Å². The molecule has 2 aliphatic rings. The van der Waals surface area contributed by atoms with Crippen molar-refractivity contribution in [1.29, 1.82) is 0 Å². The number of nitrogens with zero attached hydrogens (tertiary/aromatic N) is 1. The van der Waals surface area contributed by atoms with Crippen LogP contribution in [0.1, 0.15) is 19.4 Å². The summed E-state index contributed by atoms with van der Waals surface area (Å²) in [6, 6.07) is 9.21. The van der Waals surface area contributed by atoms with Crippen LogP contribution in [0.5, 0.6) is 0 Å². The van der Waals surface area contributed by atoms with E-state index in [9.17, 15) is 14.2 Å². The van der Waals surface area contributed by atoms with Crippen LogP contribution in [-0.2, 0) is 23.2 Å². The van der Waals surface area contributed by atoms with Gasteiger partial charge in [0.05, 0.1) is 13.2 Å². The van der Waals surface area contributed by atoms with E-state index in [1.165, 1.54) is 17.1 Å². The fourth-order valence-electron chi connectivity index (χ4n) is 3.44. The zero-order valence-corrected chi connectivity index (χ0v) is 16.4. The number of hydrogen-bond acceptors (Lipinski definition) is 5. The van der Waals surface area contributed by atoms with E-state index in [4.69, 9.17) is 9.05 Å². The molecule has 1 spiro atoms. The van der Waals surface area contributed by atoms with Crippen molar-refractivity contribution in [3.63, 3.8) is 0 Å². The quantitative estimate of drug-likeness (QED) is 0.698. The van der Waals surface area contributed by atoms with Crippen molar-refractivity contribution in [2.75, 3.05) is 20.3 Å². The molecule has 1 aliphatic heterocycles. The molecule has 0 N–H and O–H groups in total. The monoisotopic (exact) mass is 387 g/mol. The van der Waals surface area contributed by atoms with E-state index in [1.807, 2.05) is 30.3 Å². The highest BCUT2D eigenvalue weighted by molar-refractivity contribution is 7.60. The topological polar surface area (TPSA) is 72.9 Å². The lowest BCUT2D eigenvalue weighted by molar-refractivity contribution is -0.126. The van der Waals surface area contributed by atoms with Gasteiger partial charge in [-0.3, -0.25) is 14.2 Å². The van der Waals surface area contributed by atoms with Gasteiger partial charge in [0, 0.05) is 12.6 Å². The van der Waals surface area contributed by atoms with Crippen LogP contribution in [0.15, 0.2) is 60.0 Å². The Morgan fingerprint density at radius 1 is 1.00 bits per heavy atom. The summed E-state index contributed by atoms with van der Waals surface area (Å²) in [4.78, 5) is 26.4. The summed E-state index contributed by atoms with van der Waals surface area (Å²) in [6.07, 6.45) is 6.15. The molecule has 1 amide bonds. The first-order chi connectivity index (χ1) is 12.9. The number of hydrogen-bond donors (Lipinski definition) is 0. The molecule has 27 heavy (non-hydrogen) atoms. The minimum absolute atomic E-state index is 0.0172. The van der Waals surface area contributed by atoms with Gasteiger partial charge in [0.2, 0.25) is 0 Å². The molecule has 0 aromatic heterocycles. The number of ketones is 1. The SMILES string of the molecule is CCOP(=O)(OCC)C1=C(c2ccccc2)C2(C=CC(=O)C=C2)N(C)C1=O. The predicted octanol–water partition coefficient (Wildman–Crippen LogP) is 3.57. The standard InChI is InChI=1S/C20H22NO5P/c1-4-25-27(24,26-5-2)18-17(15-9-7-6-8-10-15)20(21(3)19(18)23)13-11-16(22)12-14-20/h6-14H,4-5H2,1-3H3. The highest BCUT2D eigenvalue weighted by Crippen LogP contribution is 2.63. The van der Waals surface area contributed by atoms with Gasteiger partial charge in [0.25, 0.3) is 5.91 Å². The maximum Gasteiger partial charge on any atom is 0.367 e. The zero-order valence-electron chi connectivity index (χ0n) is 15.5. The van der Waals surface area contributed by atoms with Crippen LogP contribution in [0.2, 0.25) is 0 Å². The second-order valence-electron chi connectivity index (χ2n) is 6.18. The van der Waals surface area contributed by atoms with Gasteiger partial charge in [-0.2, -0.15) is 0 Å². The Balaban J connectivity index is 2.35. The molecule has 142 valence electrons. The van der Waals surface area contributed by atoms with Crippen LogP contribution in [0, 0.1) is 0 Å². The first-order valence-corrected chi connectivity index (χ1v) is 10.3. The van der Waals surface area contributed by atoms with Gasteiger partial charge in [-0.25, -0.2) is 0 Å². The molecule has 1 aromatic rings. The van der Waals surface area contributed by atoms with Gasteiger partial charge in [0.1, 0.15) is 10.9 Å². The first kappa shape index (κ1) is 19.5. The van der Waals surface area contributed by atoms with Gasteiger partial charge in [0.15, 0.2) is 5.78 Å². The largest absolute Gasteiger partial charge is 0.367 e. The molecular formula is C20H22NO5P. The molecule has 0 fully saturated rings. The number of allylic oxidation sites excluding steroid dienone is 2. The third kappa shape index (κ3) is 3.14. The van der Waals surface area contributed by atoms with E-state index in [0.717, 1.165) is 0 Å². The molecule has 0 saturated carbocycles. The fraction of sp³-hybridized carbons (Fsp3) is 0.300. The molecule has 1 aromatic carbocycles. The van der Waals surface area contributed by atoms with Crippen molar-refractivity contribution in [1.82, 2.24) is 4.90 Å². The second-order valence-corrected chi connectivity index (χ2v) is 8.14. The first-order valence-electron chi connectivity index (χ1n) is 8.80. The van der Waals surface area contributed by atoms with E-state index in [-0.39, 0.29) is 24.3 Å². The lowest BCUT2D eigenvalue weighted by atomic mass is 9.83. The second kappa shape index (κ2) is 7.39. The molecule has 1 heterocycles. The fourth-order valence-corrected chi connectivity index (χ4v) is 5.42. The van der Waals surface area contributed by atoms with Crippen molar-refractivity contribution < 1.29 is 23.2 Å². The molecule has 6 nitrogen and oxygen atoms in total. The normalized spacial score (nSPS) is 18.9. The van der Waals surface area contributed by atoms with E-state index in [0.29, 0.717) is 11.1 Å². The molecular weight excluding hydrogens is 365 g/mol. The Kier molecular flexibility index (Phi) is 5.33. The summed E-state index contributed by atoms with van der Waals surface area (Å²) in [7, 11) is -2.24. The van der Waals surface area contributed by atoms with Crippen LogP contribution in [0.3, 0.4) is 0 Å². The van der Waals surface area contributed by atoms with Crippen LogP contribution in [0.25, 0.3) is 5.57 Å². The Labute approximate surface area is 158 Å². The number of carbonyl (C=O) groups excluding carboxylic acids is 2. The molecule has 1 aliphatic carbocycles. The predicted molar refractivity (Wildman–Crippen MR) is 103 cm³/mol. The maximum atomic E-state index is 13.6. The van der Waals surface area contributed by atoms with E-state index in [1.54, 1.807) is 33.0 Å². The summed E-state index contributed by atoms with van der Waals surface area (Å²) in [5.74, 6) is -0.608. The van der Waals surface area contributed by atoms with Crippen molar-refractivity contribution in [3.05, 3.63) is 65.5 Å². The molecule has 0 bridgehead atoms. The number of likely N-dealkylation sites (N-methyl/N-ethyl adjacent to an activating group) is 1. The Morgan fingerprint density at radius 2 is 1.56 bits per heavy atom. The average Bonchev–Trinajstić information content (AvgIpc) is 2.88. The lowest BCUT2D eigenvalue weighted by Gasteiger charge is -2.34. The third-order valence-electron chi connectivity index (χ3n) is 4.64. The van der Waals surface area contributed by atoms with Crippen molar-refractivity contribution >= 4 is 24.9 Å². The smallest absolute Gasteiger partial charge is 0.325 e.